The van der Waals surface area contributed by atoms with E-state index >= 15 is 0 Å². The van der Waals surface area contributed by atoms with Crippen LogP contribution in [0.1, 0.15) is 31.2 Å². The van der Waals surface area contributed by atoms with Crippen LogP contribution in [0.4, 0.5) is 0 Å². The fourth-order valence-electron chi connectivity index (χ4n) is 4.11. The van der Waals surface area contributed by atoms with Gasteiger partial charge in [-0.2, -0.15) is 0 Å². The number of thiophene rings is 3. The number of hydrogen-bond donors (Lipinski definition) is 0. The van der Waals surface area contributed by atoms with Gasteiger partial charge in [0.05, 0.1) is 6.61 Å². The number of aryl methyl sites for hydroxylation is 1. The topological polar surface area (TPSA) is 9.23 Å². The number of rotatable bonds is 11. The molecule has 0 bridgehead atoms. The summed E-state index contributed by atoms with van der Waals surface area (Å²) in [5.74, 6) is 0.958. The lowest BCUT2D eigenvalue weighted by Crippen LogP contribution is -1.97. The minimum Gasteiger partial charge on any atom is -0.494 e. The Hall–Kier alpha value is -2.66. The maximum atomic E-state index is 5.98. The molecule has 0 N–H and O–H groups in total. The standard InChI is InChI=1S/C30H28OS3/c1(2-7-19-31-26-17-15-24(16-18-26)23-10-5-3-6-11-23)4-12-25-22-29(27-13-8-20-32-27)34-30(25)28-14-9-21-33-28/h3,5-6,8-11,13-18,20-22H,1-2,4,7,12,19H2. The van der Waals surface area contributed by atoms with E-state index < -0.39 is 0 Å². The Morgan fingerprint density at radius 1 is 0.588 bits per heavy atom. The summed E-state index contributed by atoms with van der Waals surface area (Å²) in [5, 5.41) is 4.35. The second-order valence-electron chi connectivity index (χ2n) is 8.32. The van der Waals surface area contributed by atoms with Crippen LogP contribution in [0.25, 0.3) is 30.6 Å². The number of ether oxygens (including phenoxy) is 1. The highest BCUT2D eigenvalue weighted by Crippen LogP contribution is 2.42. The lowest BCUT2D eigenvalue weighted by Gasteiger charge is -2.08. The van der Waals surface area contributed by atoms with Crippen molar-refractivity contribution in [2.24, 2.45) is 0 Å². The van der Waals surface area contributed by atoms with E-state index in [1.165, 1.54) is 55.5 Å². The smallest absolute Gasteiger partial charge is 0.119 e. The van der Waals surface area contributed by atoms with Crippen LogP contribution in [0.5, 0.6) is 5.75 Å². The Kier molecular flexibility index (Phi) is 7.92. The maximum Gasteiger partial charge on any atom is 0.119 e. The normalized spacial score (nSPS) is 11.1. The predicted octanol–water partition coefficient (Wildman–Crippen LogP) is 10.1. The van der Waals surface area contributed by atoms with E-state index in [0.717, 1.165) is 25.2 Å². The van der Waals surface area contributed by atoms with Gasteiger partial charge in [-0.3, -0.25) is 0 Å². The molecule has 5 rings (SSSR count). The largest absolute Gasteiger partial charge is 0.494 e. The zero-order chi connectivity index (χ0) is 23.0. The van der Waals surface area contributed by atoms with Crippen molar-refractivity contribution < 1.29 is 4.74 Å². The van der Waals surface area contributed by atoms with Crippen LogP contribution in [0.3, 0.4) is 0 Å². The minimum atomic E-state index is 0.784. The van der Waals surface area contributed by atoms with Crippen LogP contribution in [0.15, 0.2) is 95.7 Å². The first-order chi connectivity index (χ1) is 16.9. The van der Waals surface area contributed by atoms with Gasteiger partial charge >= 0.3 is 0 Å². The van der Waals surface area contributed by atoms with Gasteiger partial charge in [-0.25, -0.2) is 0 Å². The molecule has 2 aromatic carbocycles. The van der Waals surface area contributed by atoms with Crippen LogP contribution in [0, 0.1) is 0 Å². The van der Waals surface area contributed by atoms with Gasteiger partial charge in [0, 0.05) is 19.5 Å². The third kappa shape index (κ3) is 5.87. The van der Waals surface area contributed by atoms with E-state index in [1.54, 1.807) is 0 Å². The summed E-state index contributed by atoms with van der Waals surface area (Å²) in [6.45, 7) is 0.784. The highest BCUT2D eigenvalue weighted by Gasteiger charge is 2.13. The van der Waals surface area contributed by atoms with Gasteiger partial charge in [0.1, 0.15) is 5.75 Å². The Labute approximate surface area is 214 Å². The molecule has 4 heteroatoms. The van der Waals surface area contributed by atoms with E-state index in [4.69, 9.17) is 4.74 Å². The first-order valence-corrected chi connectivity index (χ1v) is 14.4. The van der Waals surface area contributed by atoms with Crippen LogP contribution in [-0.4, -0.2) is 6.61 Å². The van der Waals surface area contributed by atoms with Gasteiger partial charge in [-0.15, -0.1) is 34.0 Å². The van der Waals surface area contributed by atoms with Gasteiger partial charge in [-0.1, -0.05) is 67.4 Å². The van der Waals surface area contributed by atoms with Crippen molar-refractivity contribution in [2.75, 3.05) is 6.61 Å². The molecule has 0 amide bonds. The lowest BCUT2D eigenvalue weighted by atomic mass is 10.1. The molecule has 0 atom stereocenters. The van der Waals surface area contributed by atoms with E-state index in [-0.39, 0.29) is 0 Å². The van der Waals surface area contributed by atoms with Crippen LogP contribution in [0.2, 0.25) is 0 Å². The van der Waals surface area contributed by atoms with E-state index in [2.05, 4.69) is 89.6 Å². The number of unbranched alkanes of at least 4 members (excludes halogenated alkanes) is 3. The number of hydrogen-bond acceptors (Lipinski definition) is 4. The van der Waals surface area contributed by atoms with Crippen molar-refractivity contribution in [3.63, 3.8) is 0 Å². The quantitative estimate of drug-likeness (QED) is 0.164. The van der Waals surface area contributed by atoms with Gasteiger partial charge < -0.3 is 4.74 Å². The third-order valence-electron chi connectivity index (χ3n) is 5.89. The monoisotopic (exact) mass is 500 g/mol. The third-order valence-corrected chi connectivity index (χ3v) is 9.18. The Morgan fingerprint density at radius 2 is 1.29 bits per heavy atom. The molecule has 34 heavy (non-hydrogen) atoms. The molecule has 0 aliphatic carbocycles. The zero-order valence-electron chi connectivity index (χ0n) is 19.1. The van der Waals surface area contributed by atoms with Crippen LogP contribution in [-0.2, 0) is 6.42 Å². The molecule has 3 heterocycles. The molecule has 0 aliphatic heterocycles. The summed E-state index contributed by atoms with van der Waals surface area (Å²) in [4.78, 5) is 5.64. The highest BCUT2D eigenvalue weighted by atomic mass is 32.1. The summed E-state index contributed by atoms with van der Waals surface area (Å²) in [7, 11) is 0. The van der Waals surface area contributed by atoms with Crippen LogP contribution < -0.4 is 4.74 Å². The van der Waals surface area contributed by atoms with Crippen molar-refractivity contribution in [3.05, 3.63) is 101 Å². The first-order valence-electron chi connectivity index (χ1n) is 11.9. The lowest BCUT2D eigenvalue weighted by molar-refractivity contribution is 0.304. The fourth-order valence-corrected chi connectivity index (χ4v) is 7.03. The summed E-state index contributed by atoms with van der Waals surface area (Å²) in [6, 6.07) is 30.1. The number of benzene rings is 2. The molecule has 3 aromatic heterocycles. The summed E-state index contributed by atoms with van der Waals surface area (Å²) in [6.07, 6.45) is 5.92. The zero-order valence-corrected chi connectivity index (χ0v) is 21.6. The second kappa shape index (κ2) is 11.7. The second-order valence-corrected chi connectivity index (χ2v) is 11.3. The summed E-state index contributed by atoms with van der Waals surface area (Å²) in [5.41, 5.74) is 3.97. The molecule has 0 radical (unpaired) electrons. The fraction of sp³-hybridized carbons (Fsp3) is 0.200. The molecule has 0 saturated heterocycles. The van der Waals surface area contributed by atoms with Gasteiger partial charge in [0.25, 0.3) is 0 Å². The Balaban J connectivity index is 1.07. The van der Waals surface area contributed by atoms with E-state index in [1.807, 2.05) is 40.1 Å². The van der Waals surface area contributed by atoms with Crippen molar-refractivity contribution >= 4 is 34.0 Å². The molecule has 0 fully saturated rings. The van der Waals surface area contributed by atoms with E-state index in [0.29, 0.717) is 0 Å². The SMILES string of the molecule is c1ccc(-c2ccc(OCCCCCCc3cc(-c4cccs4)sc3-c3cccs3)cc2)cc1. The molecule has 5 aromatic rings. The molecule has 0 saturated carbocycles. The van der Waals surface area contributed by atoms with Crippen LogP contribution >= 0.6 is 34.0 Å². The van der Waals surface area contributed by atoms with Crippen molar-refractivity contribution in [3.8, 4) is 36.4 Å². The molecule has 0 unspecified atom stereocenters. The Morgan fingerprint density at radius 3 is 2.03 bits per heavy atom. The van der Waals surface area contributed by atoms with Gasteiger partial charge in [-0.05, 0) is 77.0 Å². The average molecular weight is 501 g/mol. The van der Waals surface area contributed by atoms with Crippen molar-refractivity contribution in [1.82, 2.24) is 0 Å². The molecule has 172 valence electrons. The van der Waals surface area contributed by atoms with Gasteiger partial charge in [0.2, 0.25) is 0 Å². The molecule has 0 aliphatic rings. The molecule has 0 spiro atoms. The van der Waals surface area contributed by atoms with Gasteiger partial charge in [0.15, 0.2) is 0 Å². The Bertz CT molecular complexity index is 1250. The average Bonchev–Trinajstić information content (AvgIpc) is 3.66. The molecule has 1 nitrogen and oxygen atoms in total. The van der Waals surface area contributed by atoms with E-state index in [9.17, 15) is 0 Å². The summed E-state index contributed by atoms with van der Waals surface area (Å²) < 4.78 is 5.98. The predicted molar refractivity (Wildman–Crippen MR) is 150 cm³/mol. The summed E-state index contributed by atoms with van der Waals surface area (Å²) >= 11 is 5.62. The molecular weight excluding hydrogens is 473 g/mol. The molecular formula is C30H28OS3. The van der Waals surface area contributed by atoms with Crippen molar-refractivity contribution in [2.45, 2.75) is 32.1 Å². The maximum absolute atomic E-state index is 5.98. The van der Waals surface area contributed by atoms with Crippen molar-refractivity contribution in [1.29, 1.82) is 0 Å². The highest BCUT2D eigenvalue weighted by molar-refractivity contribution is 7.26. The minimum absolute atomic E-state index is 0.784. The first kappa shape index (κ1) is 23.1.